The monoisotopic (exact) mass is 200 g/mol. The van der Waals surface area contributed by atoms with Gasteiger partial charge in [-0.05, 0) is 12.8 Å². The molecular formula is C11H20OS. The lowest BCUT2D eigenvalue weighted by molar-refractivity contribution is -0.121. The Morgan fingerprint density at radius 2 is 1.77 bits per heavy atom. The van der Waals surface area contributed by atoms with Gasteiger partial charge in [0.2, 0.25) is 0 Å². The van der Waals surface area contributed by atoms with Crippen molar-refractivity contribution in [2.24, 2.45) is 5.41 Å². The molecule has 0 unspecified atom stereocenters. The van der Waals surface area contributed by atoms with Crippen molar-refractivity contribution in [3.8, 4) is 0 Å². The van der Waals surface area contributed by atoms with Gasteiger partial charge in [0.1, 0.15) is 0 Å². The summed E-state index contributed by atoms with van der Waals surface area (Å²) in [6, 6.07) is 0. The first-order valence-corrected chi connectivity index (χ1v) is 6.41. The molecule has 1 aliphatic rings. The number of carbonyl (C=O) groups excluding carboxylic acids is 1. The van der Waals surface area contributed by atoms with Gasteiger partial charge in [-0.25, -0.2) is 0 Å². The molecule has 1 fully saturated rings. The van der Waals surface area contributed by atoms with Crippen LogP contribution in [-0.4, -0.2) is 10.9 Å². The molecule has 0 aromatic carbocycles. The predicted octanol–water partition coefficient (Wildman–Crippen LogP) is 3.63. The van der Waals surface area contributed by atoms with Crippen LogP contribution in [0.2, 0.25) is 0 Å². The van der Waals surface area contributed by atoms with Gasteiger partial charge in [0.25, 0.3) is 0 Å². The number of unbranched alkanes of at least 4 members (excludes halogenated alkanes) is 2. The van der Waals surface area contributed by atoms with Gasteiger partial charge < -0.3 is 0 Å². The molecular weight excluding hydrogens is 180 g/mol. The smallest absolute Gasteiger partial charge is 0.195 e. The highest BCUT2D eigenvalue weighted by Gasteiger charge is 2.45. The van der Waals surface area contributed by atoms with Gasteiger partial charge in [0.05, 0.1) is 0 Å². The van der Waals surface area contributed by atoms with E-state index < -0.39 is 0 Å². The molecule has 0 spiro atoms. The zero-order valence-corrected chi connectivity index (χ0v) is 9.58. The van der Waals surface area contributed by atoms with Crippen molar-refractivity contribution < 1.29 is 4.79 Å². The van der Waals surface area contributed by atoms with Crippen LogP contribution in [-0.2, 0) is 4.79 Å². The van der Waals surface area contributed by atoms with Crippen molar-refractivity contribution >= 4 is 16.9 Å². The Kier molecular flexibility index (Phi) is 4.30. The molecule has 1 rings (SSSR count). The zero-order chi connectivity index (χ0) is 9.73. The van der Waals surface area contributed by atoms with E-state index in [9.17, 15) is 4.79 Å². The van der Waals surface area contributed by atoms with E-state index in [0.29, 0.717) is 5.12 Å². The van der Waals surface area contributed by atoms with E-state index in [0.717, 1.165) is 18.6 Å². The van der Waals surface area contributed by atoms with Crippen LogP contribution in [0.4, 0.5) is 0 Å². The number of hydrogen-bond acceptors (Lipinski definition) is 2. The maximum absolute atomic E-state index is 11.5. The zero-order valence-electron chi connectivity index (χ0n) is 8.77. The molecule has 2 heteroatoms. The van der Waals surface area contributed by atoms with Crippen molar-refractivity contribution in [1.29, 1.82) is 0 Å². The average Bonchev–Trinajstić information content (AvgIpc) is 2.16. The molecule has 0 atom stereocenters. The standard InChI is InChI=1S/C11H20OS/c1-3-5-7-11(8-6-4-2)9-13-10(11)12/h3-9H2,1-2H3. The highest BCUT2D eigenvalue weighted by atomic mass is 32.2. The summed E-state index contributed by atoms with van der Waals surface area (Å²) in [5, 5.41) is 0.467. The molecule has 1 heterocycles. The van der Waals surface area contributed by atoms with Crippen molar-refractivity contribution in [2.75, 3.05) is 5.75 Å². The quantitative estimate of drug-likeness (QED) is 0.651. The Labute approximate surface area is 85.7 Å². The van der Waals surface area contributed by atoms with Gasteiger partial charge in [-0.1, -0.05) is 51.3 Å². The van der Waals surface area contributed by atoms with Gasteiger partial charge in [-0.2, -0.15) is 0 Å². The van der Waals surface area contributed by atoms with E-state index in [1.165, 1.54) is 37.4 Å². The van der Waals surface area contributed by atoms with Crippen molar-refractivity contribution in [2.45, 2.75) is 52.4 Å². The van der Waals surface area contributed by atoms with E-state index in [-0.39, 0.29) is 5.41 Å². The summed E-state index contributed by atoms with van der Waals surface area (Å²) < 4.78 is 0. The second kappa shape index (κ2) is 5.04. The number of hydrogen-bond donors (Lipinski definition) is 0. The number of carbonyl (C=O) groups is 1. The SMILES string of the molecule is CCCCC1(CCCC)CSC1=O. The molecule has 13 heavy (non-hydrogen) atoms. The normalized spacial score (nSPS) is 20.0. The topological polar surface area (TPSA) is 17.1 Å². The fraction of sp³-hybridized carbons (Fsp3) is 0.909. The van der Waals surface area contributed by atoms with Crippen LogP contribution in [0, 0.1) is 5.41 Å². The average molecular weight is 200 g/mol. The highest BCUT2D eigenvalue weighted by Crippen LogP contribution is 2.47. The van der Waals surface area contributed by atoms with Gasteiger partial charge in [-0.3, -0.25) is 4.79 Å². The second-order valence-electron chi connectivity index (χ2n) is 4.06. The van der Waals surface area contributed by atoms with Gasteiger partial charge in [0, 0.05) is 11.2 Å². The Hall–Kier alpha value is 0.0200. The predicted molar refractivity (Wildman–Crippen MR) is 58.9 cm³/mol. The van der Waals surface area contributed by atoms with E-state index >= 15 is 0 Å². The van der Waals surface area contributed by atoms with Gasteiger partial charge in [-0.15, -0.1) is 0 Å². The van der Waals surface area contributed by atoms with Crippen LogP contribution < -0.4 is 0 Å². The third-order valence-electron chi connectivity index (χ3n) is 2.93. The van der Waals surface area contributed by atoms with Crippen LogP contribution in [0.3, 0.4) is 0 Å². The molecule has 1 aliphatic heterocycles. The first-order valence-electron chi connectivity index (χ1n) is 5.42. The molecule has 0 saturated carbocycles. The Bertz CT molecular complexity index is 169. The fourth-order valence-corrected chi connectivity index (χ4v) is 3.00. The lowest BCUT2D eigenvalue weighted by Gasteiger charge is -2.39. The molecule has 1 nitrogen and oxygen atoms in total. The largest absolute Gasteiger partial charge is 0.287 e. The molecule has 0 bridgehead atoms. The third-order valence-corrected chi connectivity index (χ3v) is 4.32. The van der Waals surface area contributed by atoms with E-state index in [1.807, 2.05) is 0 Å². The number of thioether (sulfide) groups is 1. The molecule has 0 N–H and O–H groups in total. The molecule has 1 saturated heterocycles. The van der Waals surface area contributed by atoms with E-state index in [4.69, 9.17) is 0 Å². The summed E-state index contributed by atoms with van der Waals surface area (Å²) in [7, 11) is 0. The molecule has 0 radical (unpaired) electrons. The lowest BCUT2D eigenvalue weighted by atomic mass is 9.80. The van der Waals surface area contributed by atoms with Crippen LogP contribution in [0.15, 0.2) is 0 Å². The highest BCUT2D eigenvalue weighted by molar-refractivity contribution is 8.15. The maximum atomic E-state index is 11.5. The first-order chi connectivity index (χ1) is 6.25. The van der Waals surface area contributed by atoms with Crippen LogP contribution in [0.1, 0.15) is 52.4 Å². The number of rotatable bonds is 6. The van der Waals surface area contributed by atoms with Crippen LogP contribution in [0.5, 0.6) is 0 Å². The van der Waals surface area contributed by atoms with E-state index in [1.54, 1.807) is 0 Å². The first kappa shape index (κ1) is 11.1. The van der Waals surface area contributed by atoms with Crippen molar-refractivity contribution in [3.63, 3.8) is 0 Å². The summed E-state index contributed by atoms with van der Waals surface area (Å²) in [6.45, 7) is 4.40. The Balaban J connectivity index is 2.39. The lowest BCUT2D eigenvalue weighted by Crippen LogP contribution is -2.40. The Morgan fingerprint density at radius 1 is 1.23 bits per heavy atom. The molecule has 0 amide bonds. The minimum Gasteiger partial charge on any atom is -0.287 e. The summed E-state index contributed by atoms with van der Waals surface area (Å²) in [5.74, 6) is 1.09. The molecule has 76 valence electrons. The Morgan fingerprint density at radius 3 is 2.00 bits per heavy atom. The molecule has 0 aromatic rings. The van der Waals surface area contributed by atoms with E-state index in [2.05, 4.69) is 13.8 Å². The third kappa shape index (κ3) is 2.49. The summed E-state index contributed by atoms with van der Waals surface area (Å²) in [6.07, 6.45) is 7.13. The molecule has 0 aromatic heterocycles. The van der Waals surface area contributed by atoms with Crippen molar-refractivity contribution in [1.82, 2.24) is 0 Å². The van der Waals surface area contributed by atoms with Crippen LogP contribution in [0.25, 0.3) is 0 Å². The summed E-state index contributed by atoms with van der Waals surface area (Å²) in [4.78, 5) is 11.5. The minimum absolute atomic E-state index is 0.108. The van der Waals surface area contributed by atoms with Crippen LogP contribution >= 0.6 is 11.8 Å². The summed E-state index contributed by atoms with van der Waals surface area (Å²) >= 11 is 1.53. The minimum atomic E-state index is 0.108. The fourth-order valence-electron chi connectivity index (χ4n) is 1.84. The van der Waals surface area contributed by atoms with Crippen molar-refractivity contribution in [3.05, 3.63) is 0 Å². The molecule has 0 aliphatic carbocycles. The van der Waals surface area contributed by atoms with Gasteiger partial charge in [0.15, 0.2) is 5.12 Å². The van der Waals surface area contributed by atoms with Gasteiger partial charge >= 0.3 is 0 Å². The maximum Gasteiger partial charge on any atom is 0.195 e. The summed E-state index contributed by atoms with van der Waals surface area (Å²) in [5.41, 5.74) is 0.108. The second-order valence-corrected chi connectivity index (χ2v) is 5.01.